The summed E-state index contributed by atoms with van der Waals surface area (Å²) in [4.78, 5) is 14.0. The summed E-state index contributed by atoms with van der Waals surface area (Å²) in [6.45, 7) is 1.41. The van der Waals surface area contributed by atoms with Crippen LogP contribution in [0.15, 0.2) is 46.0 Å². The van der Waals surface area contributed by atoms with Crippen molar-refractivity contribution in [2.75, 3.05) is 26.2 Å². The number of carbonyl (C=O) groups excluding carboxylic acids is 1. The highest BCUT2D eigenvalue weighted by atomic mass is 32.2. The zero-order valence-electron chi connectivity index (χ0n) is 13.6. The van der Waals surface area contributed by atoms with E-state index in [0.29, 0.717) is 43.2 Å². The molecule has 0 unspecified atom stereocenters. The van der Waals surface area contributed by atoms with Gasteiger partial charge < -0.3 is 4.90 Å². The monoisotopic (exact) mass is 382 g/mol. The van der Waals surface area contributed by atoms with Crippen molar-refractivity contribution in [1.29, 1.82) is 0 Å². The fourth-order valence-electron chi connectivity index (χ4n) is 2.78. The Morgan fingerprint density at radius 1 is 1.08 bits per heavy atom. The van der Waals surface area contributed by atoms with Crippen LogP contribution in [0.3, 0.4) is 0 Å². The molecule has 3 rings (SSSR count). The molecule has 1 fully saturated rings. The van der Waals surface area contributed by atoms with E-state index in [9.17, 15) is 17.6 Å². The molecule has 0 bridgehead atoms. The first-order valence-corrected chi connectivity index (χ1v) is 10.3. The van der Waals surface area contributed by atoms with E-state index < -0.39 is 10.0 Å². The third kappa shape index (κ3) is 4.26. The number of amides is 1. The molecule has 134 valence electrons. The van der Waals surface area contributed by atoms with E-state index in [-0.39, 0.29) is 11.7 Å². The van der Waals surface area contributed by atoms with Crippen LogP contribution >= 0.6 is 11.3 Å². The first-order chi connectivity index (χ1) is 12.0. The Labute approximate surface area is 150 Å². The number of rotatable bonds is 5. The van der Waals surface area contributed by atoms with E-state index in [1.54, 1.807) is 34.5 Å². The minimum Gasteiger partial charge on any atom is -0.340 e. The van der Waals surface area contributed by atoms with Gasteiger partial charge in [0.15, 0.2) is 0 Å². The molecule has 1 aromatic carbocycles. The first-order valence-electron chi connectivity index (χ1n) is 8.03. The second-order valence-electron chi connectivity index (χ2n) is 5.84. The molecule has 1 aromatic heterocycles. The number of hydrogen-bond acceptors (Lipinski definition) is 4. The predicted octanol–water partition coefficient (Wildman–Crippen LogP) is 2.35. The molecule has 2 aromatic rings. The Balaban J connectivity index is 1.51. The summed E-state index contributed by atoms with van der Waals surface area (Å²) in [5, 5.41) is 1.74. The smallest absolute Gasteiger partial charge is 0.252 e. The Kier molecular flexibility index (Phi) is 5.51. The van der Waals surface area contributed by atoms with Gasteiger partial charge in [-0.05, 0) is 35.6 Å². The van der Waals surface area contributed by atoms with Crippen molar-refractivity contribution < 1.29 is 17.6 Å². The molecule has 1 saturated heterocycles. The zero-order valence-corrected chi connectivity index (χ0v) is 15.2. The van der Waals surface area contributed by atoms with Gasteiger partial charge in [-0.1, -0.05) is 18.2 Å². The Morgan fingerprint density at radius 2 is 1.76 bits per heavy atom. The Hall–Kier alpha value is -1.77. The number of aryl methyl sites for hydroxylation is 1. The van der Waals surface area contributed by atoms with E-state index >= 15 is 0 Å². The first kappa shape index (κ1) is 18.0. The number of benzene rings is 1. The van der Waals surface area contributed by atoms with Gasteiger partial charge in [-0.2, -0.15) is 4.31 Å². The lowest BCUT2D eigenvalue weighted by atomic mass is 10.1. The fraction of sp³-hybridized carbons (Fsp3) is 0.353. The normalized spacial score (nSPS) is 16.1. The summed E-state index contributed by atoms with van der Waals surface area (Å²) >= 11 is 1.20. The van der Waals surface area contributed by atoms with Gasteiger partial charge in [0.1, 0.15) is 10.0 Å². The number of carbonyl (C=O) groups is 1. The maximum absolute atomic E-state index is 12.9. The predicted molar refractivity (Wildman–Crippen MR) is 94.4 cm³/mol. The van der Waals surface area contributed by atoms with Crippen LogP contribution in [0.4, 0.5) is 4.39 Å². The van der Waals surface area contributed by atoms with Gasteiger partial charge in [-0.15, -0.1) is 11.3 Å². The number of hydrogen-bond donors (Lipinski definition) is 0. The molecule has 0 radical (unpaired) electrons. The molecule has 0 saturated carbocycles. The van der Waals surface area contributed by atoms with Gasteiger partial charge >= 0.3 is 0 Å². The maximum atomic E-state index is 12.9. The average Bonchev–Trinajstić information content (AvgIpc) is 3.16. The molecular formula is C17H19FN2O3S2. The third-order valence-electron chi connectivity index (χ3n) is 4.22. The SMILES string of the molecule is O=C(CCc1ccc(F)cc1)N1CCN(S(=O)(=O)c2cccs2)CC1. The van der Waals surface area contributed by atoms with Crippen LogP contribution < -0.4 is 0 Å². The van der Waals surface area contributed by atoms with Crippen molar-refractivity contribution >= 4 is 27.3 Å². The van der Waals surface area contributed by atoms with Crippen LogP contribution in [0.25, 0.3) is 0 Å². The fourth-order valence-corrected chi connectivity index (χ4v) is 5.34. The van der Waals surface area contributed by atoms with Crippen molar-refractivity contribution in [3.8, 4) is 0 Å². The summed E-state index contributed by atoms with van der Waals surface area (Å²) in [5.41, 5.74) is 0.911. The summed E-state index contributed by atoms with van der Waals surface area (Å²) in [6, 6.07) is 9.43. The van der Waals surface area contributed by atoms with Crippen LogP contribution in [0.1, 0.15) is 12.0 Å². The summed E-state index contributed by atoms with van der Waals surface area (Å²) in [5.74, 6) is -0.296. The molecule has 0 atom stereocenters. The Morgan fingerprint density at radius 3 is 2.36 bits per heavy atom. The minimum atomic E-state index is -3.45. The van der Waals surface area contributed by atoms with Crippen molar-refractivity contribution in [2.45, 2.75) is 17.1 Å². The van der Waals surface area contributed by atoms with Gasteiger partial charge in [-0.25, -0.2) is 12.8 Å². The van der Waals surface area contributed by atoms with Crippen molar-refractivity contribution in [1.82, 2.24) is 9.21 Å². The average molecular weight is 382 g/mol. The van der Waals surface area contributed by atoms with Crippen molar-refractivity contribution in [2.24, 2.45) is 0 Å². The molecule has 1 amide bonds. The minimum absolute atomic E-state index is 0.00232. The molecule has 0 aliphatic carbocycles. The molecule has 0 N–H and O–H groups in total. The highest BCUT2D eigenvalue weighted by molar-refractivity contribution is 7.91. The van der Waals surface area contributed by atoms with E-state index in [4.69, 9.17) is 0 Å². The van der Waals surface area contributed by atoms with Crippen molar-refractivity contribution in [3.05, 3.63) is 53.2 Å². The number of halogens is 1. The highest BCUT2D eigenvalue weighted by Gasteiger charge is 2.30. The van der Waals surface area contributed by atoms with Crippen LogP contribution in [0.5, 0.6) is 0 Å². The van der Waals surface area contributed by atoms with Gasteiger partial charge in [0.25, 0.3) is 10.0 Å². The molecule has 1 aliphatic heterocycles. The quantitative estimate of drug-likeness (QED) is 0.798. The topological polar surface area (TPSA) is 57.7 Å². The number of piperazine rings is 1. The number of thiophene rings is 1. The highest BCUT2D eigenvalue weighted by Crippen LogP contribution is 2.22. The van der Waals surface area contributed by atoms with Gasteiger partial charge in [0, 0.05) is 32.6 Å². The molecule has 25 heavy (non-hydrogen) atoms. The molecule has 2 heterocycles. The van der Waals surface area contributed by atoms with Gasteiger partial charge in [0.2, 0.25) is 5.91 Å². The molecule has 5 nitrogen and oxygen atoms in total. The second-order valence-corrected chi connectivity index (χ2v) is 8.96. The maximum Gasteiger partial charge on any atom is 0.252 e. The van der Waals surface area contributed by atoms with Crippen molar-refractivity contribution in [3.63, 3.8) is 0 Å². The summed E-state index contributed by atoms with van der Waals surface area (Å²) in [7, 11) is -3.45. The standard InChI is InChI=1S/C17H19FN2O3S2/c18-15-6-3-14(4-7-15)5-8-16(21)19-9-11-20(12-10-19)25(22,23)17-2-1-13-24-17/h1-4,6-7,13H,5,8-12H2. The van der Waals surface area contributed by atoms with Gasteiger partial charge in [-0.3, -0.25) is 4.79 Å². The lowest BCUT2D eigenvalue weighted by Gasteiger charge is -2.33. The van der Waals surface area contributed by atoms with Gasteiger partial charge in [0.05, 0.1) is 0 Å². The number of nitrogens with zero attached hydrogens (tertiary/aromatic N) is 2. The summed E-state index contributed by atoms with van der Waals surface area (Å²) in [6.07, 6.45) is 0.885. The Bertz CT molecular complexity index is 812. The van der Waals surface area contributed by atoms with Crippen LogP contribution in [-0.4, -0.2) is 49.7 Å². The van der Waals surface area contributed by atoms with Crippen LogP contribution in [0, 0.1) is 5.82 Å². The third-order valence-corrected chi connectivity index (χ3v) is 7.49. The molecule has 8 heteroatoms. The second kappa shape index (κ2) is 7.63. The van der Waals surface area contributed by atoms with Crippen LogP contribution in [0.2, 0.25) is 0 Å². The molecule has 0 spiro atoms. The zero-order chi connectivity index (χ0) is 17.9. The van der Waals surface area contributed by atoms with E-state index in [0.717, 1.165) is 5.56 Å². The molecule has 1 aliphatic rings. The van der Waals surface area contributed by atoms with E-state index in [2.05, 4.69) is 0 Å². The van der Waals surface area contributed by atoms with E-state index in [1.807, 2.05) is 0 Å². The number of sulfonamides is 1. The summed E-state index contributed by atoms with van der Waals surface area (Å²) < 4.78 is 39.6. The van der Waals surface area contributed by atoms with E-state index in [1.165, 1.54) is 27.8 Å². The lowest BCUT2D eigenvalue weighted by Crippen LogP contribution is -2.50. The van der Waals surface area contributed by atoms with Crippen LogP contribution in [-0.2, 0) is 21.2 Å². The lowest BCUT2D eigenvalue weighted by molar-refractivity contribution is -0.132. The molecular weight excluding hydrogens is 363 g/mol. The largest absolute Gasteiger partial charge is 0.340 e.